The first-order valence-electron chi connectivity index (χ1n) is 20.6. The lowest BCUT2D eigenvalue weighted by molar-refractivity contribution is 0.643. The van der Waals surface area contributed by atoms with Crippen molar-refractivity contribution in [1.82, 2.24) is 13.7 Å². The monoisotopic (exact) mass is 756 g/mol. The minimum atomic E-state index is 0.200. The van der Waals surface area contributed by atoms with Crippen LogP contribution in [0.3, 0.4) is 0 Å². The normalized spacial score (nSPS) is 15.1. The molecule has 0 amide bonds. The Hall–Kier alpha value is -7.56. The molecule has 10 aromatic rings. The van der Waals surface area contributed by atoms with Crippen molar-refractivity contribution in [1.29, 1.82) is 0 Å². The molecule has 3 heterocycles. The van der Waals surface area contributed by atoms with Crippen LogP contribution >= 0.6 is 0 Å². The molecule has 3 aromatic heterocycles. The molecule has 7 aromatic carbocycles. The van der Waals surface area contributed by atoms with Crippen LogP contribution in [0, 0.1) is 0 Å². The maximum absolute atomic E-state index is 2.52. The summed E-state index contributed by atoms with van der Waals surface area (Å²) in [4.78, 5) is 2.41. The predicted octanol–water partition coefficient (Wildman–Crippen LogP) is 14.2. The standard InChI is InChI=1S/C55H40N4/c1-2-14-44-45-15-4-9-21-51(45)57(50(44)20-3-1)41-32-26-38(27-33-41)56(39-28-34-42(35-29-39)58-52-22-10-5-16-46(52)47-17-6-11-23-53(47)58)40-30-36-43(37-31-40)59-54-24-12-7-18-48(54)49-19-8-13-25-55(49)59/h1-19,21-36,43H,20,37H2. The summed E-state index contributed by atoms with van der Waals surface area (Å²) < 4.78 is 7.34. The van der Waals surface area contributed by atoms with Crippen molar-refractivity contribution in [2.45, 2.75) is 18.9 Å². The molecule has 12 rings (SSSR count). The van der Waals surface area contributed by atoms with E-state index in [1.54, 1.807) is 0 Å². The third-order valence-electron chi connectivity index (χ3n) is 12.4. The highest BCUT2D eigenvalue weighted by atomic mass is 15.2. The van der Waals surface area contributed by atoms with Gasteiger partial charge in [0.1, 0.15) is 0 Å². The van der Waals surface area contributed by atoms with Crippen LogP contribution in [0.2, 0.25) is 0 Å². The van der Waals surface area contributed by atoms with Crippen LogP contribution in [0.1, 0.15) is 23.7 Å². The second-order valence-corrected chi connectivity index (χ2v) is 15.6. The van der Waals surface area contributed by atoms with E-state index in [0.29, 0.717) is 0 Å². The molecule has 0 bridgehead atoms. The van der Waals surface area contributed by atoms with Gasteiger partial charge < -0.3 is 18.6 Å². The number of fused-ring (bicyclic) bond motifs is 9. The Labute approximate surface area is 342 Å². The molecule has 0 N–H and O–H groups in total. The smallest absolute Gasteiger partial charge is 0.0561 e. The lowest BCUT2D eigenvalue weighted by atomic mass is 10.0. The zero-order valence-corrected chi connectivity index (χ0v) is 32.5. The van der Waals surface area contributed by atoms with Crippen LogP contribution in [0.25, 0.3) is 72.0 Å². The molecule has 1 unspecified atom stereocenters. The van der Waals surface area contributed by atoms with Crippen LogP contribution in [-0.2, 0) is 6.42 Å². The van der Waals surface area contributed by atoms with E-state index >= 15 is 0 Å². The Balaban J connectivity index is 0.964. The average Bonchev–Trinajstić information content (AvgIpc) is 3.85. The molecule has 1 atom stereocenters. The molecule has 4 heteroatoms. The Kier molecular flexibility index (Phi) is 7.70. The van der Waals surface area contributed by atoms with Gasteiger partial charge in [0.25, 0.3) is 0 Å². The van der Waals surface area contributed by atoms with Crippen molar-refractivity contribution in [2.24, 2.45) is 0 Å². The third kappa shape index (κ3) is 5.30. The Morgan fingerprint density at radius 1 is 0.441 bits per heavy atom. The summed E-state index contributed by atoms with van der Waals surface area (Å²) in [7, 11) is 0. The zero-order valence-electron chi connectivity index (χ0n) is 32.5. The highest BCUT2D eigenvalue weighted by molar-refractivity contribution is 6.09. The van der Waals surface area contributed by atoms with Crippen LogP contribution in [0.5, 0.6) is 0 Å². The van der Waals surface area contributed by atoms with E-state index < -0.39 is 0 Å². The fraction of sp³-hybridized carbons (Fsp3) is 0.0545. The number of hydrogen-bond donors (Lipinski definition) is 0. The quantitative estimate of drug-likeness (QED) is 0.165. The summed E-state index contributed by atoms with van der Waals surface area (Å²) in [5.41, 5.74) is 14.5. The topological polar surface area (TPSA) is 18.0 Å². The molecule has 4 nitrogen and oxygen atoms in total. The number of benzene rings is 7. The van der Waals surface area contributed by atoms with E-state index in [2.05, 4.69) is 231 Å². The molecule has 2 aliphatic carbocycles. The summed E-state index contributed by atoms with van der Waals surface area (Å²) in [5, 5.41) is 6.42. The van der Waals surface area contributed by atoms with Gasteiger partial charge in [-0.15, -0.1) is 0 Å². The molecule has 280 valence electrons. The number of allylic oxidation sites excluding steroid dienone is 6. The lowest BCUT2D eigenvalue weighted by Gasteiger charge is -2.30. The molecule has 0 fully saturated rings. The van der Waals surface area contributed by atoms with Gasteiger partial charge in [0.2, 0.25) is 0 Å². The highest BCUT2D eigenvalue weighted by Crippen LogP contribution is 2.40. The summed E-state index contributed by atoms with van der Waals surface area (Å²) in [5.74, 6) is 0. The Bertz CT molecular complexity index is 3270. The molecule has 0 saturated carbocycles. The van der Waals surface area contributed by atoms with Gasteiger partial charge >= 0.3 is 0 Å². The fourth-order valence-corrected chi connectivity index (χ4v) is 9.82. The maximum atomic E-state index is 2.52. The molecule has 0 spiro atoms. The van der Waals surface area contributed by atoms with Crippen molar-refractivity contribution >= 4 is 72.0 Å². The Morgan fingerprint density at radius 3 is 1.46 bits per heavy atom. The third-order valence-corrected chi connectivity index (χ3v) is 12.4. The van der Waals surface area contributed by atoms with E-state index in [1.165, 1.54) is 65.8 Å². The van der Waals surface area contributed by atoms with E-state index in [1.807, 2.05) is 0 Å². The van der Waals surface area contributed by atoms with Crippen molar-refractivity contribution in [3.63, 3.8) is 0 Å². The van der Waals surface area contributed by atoms with Crippen LogP contribution in [-0.4, -0.2) is 13.7 Å². The average molecular weight is 757 g/mol. The molecule has 2 aliphatic rings. The first-order chi connectivity index (χ1) is 29.3. The van der Waals surface area contributed by atoms with Crippen LogP contribution in [0.4, 0.5) is 11.4 Å². The van der Waals surface area contributed by atoms with Gasteiger partial charge in [-0.1, -0.05) is 127 Å². The number of aromatic nitrogens is 3. The minimum absolute atomic E-state index is 0.200. The van der Waals surface area contributed by atoms with Crippen LogP contribution in [0.15, 0.2) is 212 Å². The molecular weight excluding hydrogens is 717 g/mol. The summed E-state index contributed by atoms with van der Waals surface area (Å²) in [6, 6.07) is 62.2. The predicted molar refractivity (Wildman–Crippen MR) is 248 cm³/mol. The SMILES string of the molecule is C1=CCc2c(c3ccccc3n2-c2ccc(N(C3=CCC(n4c5ccccc5c5ccccc54)C=C3)c3ccc(-n4c5ccccc5c5ccccc54)cc3)cc2)C=C1. The summed E-state index contributed by atoms with van der Waals surface area (Å²) in [6.07, 6.45) is 17.7. The van der Waals surface area contributed by atoms with Gasteiger partial charge in [-0.05, 0) is 91.4 Å². The molecule has 0 saturated heterocycles. The van der Waals surface area contributed by atoms with E-state index in [0.717, 1.165) is 41.3 Å². The van der Waals surface area contributed by atoms with Crippen LogP contribution < -0.4 is 4.90 Å². The number of rotatable bonds is 6. The van der Waals surface area contributed by atoms with E-state index in [-0.39, 0.29) is 6.04 Å². The first-order valence-corrected chi connectivity index (χ1v) is 20.6. The molecular formula is C55H40N4. The van der Waals surface area contributed by atoms with Gasteiger partial charge in [-0.3, -0.25) is 0 Å². The van der Waals surface area contributed by atoms with Gasteiger partial charge in [-0.2, -0.15) is 0 Å². The number of para-hydroxylation sites is 5. The largest absolute Gasteiger partial charge is 0.333 e. The zero-order chi connectivity index (χ0) is 38.9. The van der Waals surface area contributed by atoms with Gasteiger partial charge in [0.05, 0.1) is 22.6 Å². The second kappa shape index (κ2) is 13.5. The molecule has 0 radical (unpaired) electrons. The summed E-state index contributed by atoms with van der Waals surface area (Å²) in [6.45, 7) is 0. The van der Waals surface area contributed by atoms with Crippen molar-refractivity contribution in [2.75, 3.05) is 4.90 Å². The fourth-order valence-electron chi connectivity index (χ4n) is 9.82. The highest BCUT2D eigenvalue weighted by Gasteiger charge is 2.23. The summed E-state index contributed by atoms with van der Waals surface area (Å²) >= 11 is 0. The van der Waals surface area contributed by atoms with Gasteiger partial charge in [-0.25, -0.2) is 0 Å². The van der Waals surface area contributed by atoms with Crippen molar-refractivity contribution in [3.8, 4) is 11.4 Å². The van der Waals surface area contributed by atoms with Crippen molar-refractivity contribution in [3.05, 3.63) is 223 Å². The van der Waals surface area contributed by atoms with Crippen molar-refractivity contribution < 1.29 is 0 Å². The second-order valence-electron chi connectivity index (χ2n) is 15.6. The minimum Gasteiger partial charge on any atom is -0.333 e. The lowest BCUT2D eigenvalue weighted by Crippen LogP contribution is -2.18. The first kappa shape index (κ1) is 33.6. The number of anilines is 2. The Morgan fingerprint density at radius 2 is 0.915 bits per heavy atom. The van der Waals surface area contributed by atoms with E-state index in [9.17, 15) is 0 Å². The molecule has 59 heavy (non-hydrogen) atoms. The number of hydrogen-bond acceptors (Lipinski definition) is 1. The van der Waals surface area contributed by atoms with E-state index in [4.69, 9.17) is 0 Å². The number of nitrogens with zero attached hydrogens (tertiary/aromatic N) is 4. The molecule has 0 aliphatic heterocycles. The van der Waals surface area contributed by atoms with Gasteiger partial charge in [0, 0.05) is 84.1 Å². The van der Waals surface area contributed by atoms with Gasteiger partial charge in [0.15, 0.2) is 0 Å². The maximum Gasteiger partial charge on any atom is 0.0561 e.